The van der Waals surface area contributed by atoms with Crippen LogP contribution < -0.4 is 15.8 Å². The van der Waals surface area contributed by atoms with Crippen molar-refractivity contribution in [1.82, 2.24) is 5.32 Å². The van der Waals surface area contributed by atoms with Gasteiger partial charge in [0.15, 0.2) is 0 Å². The van der Waals surface area contributed by atoms with Gasteiger partial charge in [0, 0.05) is 17.7 Å². The monoisotopic (exact) mass is 398 g/mol. The Hall–Kier alpha value is -3.02. The number of unbranched alkanes of at least 4 members (excludes halogenated alkanes) is 1. The third-order valence-electron chi connectivity index (χ3n) is 4.12. The number of carbonyl (C=O) groups is 2. The summed E-state index contributed by atoms with van der Waals surface area (Å²) < 4.78 is 11.2. The Balaban J connectivity index is 1.95. The minimum Gasteiger partial charge on any atom is -0.493 e. The predicted octanol–water partition coefficient (Wildman–Crippen LogP) is 4.44. The van der Waals surface area contributed by atoms with Crippen molar-refractivity contribution >= 4 is 12.0 Å². The quantitative estimate of drug-likeness (QED) is 0.643. The lowest BCUT2D eigenvalue weighted by molar-refractivity contribution is 0.0526. The molecular weight excluding hydrogens is 368 g/mol. The summed E-state index contributed by atoms with van der Waals surface area (Å²) in [6.45, 7) is 8.48. The molecule has 2 aromatic rings. The highest BCUT2D eigenvalue weighted by atomic mass is 16.6. The van der Waals surface area contributed by atoms with Gasteiger partial charge in [0.2, 0.25) is 5.91 Å². The fourth-order valence-corrected chi connectivity index (χ4v) is 2.82. The molecule has 0 aliphatic heterocycles. The topological polar surface area (TPSA) is 90.7 Å². The van der Waals surface area contributed by atoms with Crippen LogP contribution in [0.2, 0.25) is 0 Å². The van der Waals surface area contributed by atoms with Crippen LogP contribution in [0.25, 0.3) is 11.1 Å². The second-order valence-corrected chi connectivity index (χ2v) is 7.89. The number of aryl methyl sites for hydroxylation is 1. The second-order valence-electron chi connectivity index (χ2n) is 7.89. The Bertz CT molecular complexity index is 856. The maximum absolute atomic E-state index is 11.8. The molecule has 0 aromatic heterocycles. The van der Waals surface area contributed by atoms with Gasteiger partial charge in [-0.2, -0.15) is 0 Å². The van der Waals surface area contributed by atoms with Gasteiger partial charge in [-0.15, -0.1) is 0 Å². The number of carbonyl (C=O) groups excluding carboxylic acids is 2. The number of rotatable bonds is 8. The molecule has 0 aliphatic carbocycles. The third-order valence-corrected chi connectivity index (χ3v) is 4.12. The van der Waals surface area contributed by atoms with Crippen LogP contribution in [-0.4, -0.2) is 30.8 Å². The summed E-state index contributed by atoms with van der Waals surface area (Å²) in [5.74, 6) is 0.235. The minimum absolute atomic E-state index is 0.414. The van der Waals surface area contributed by atoms with Gasteiger partial charge in [0.05, 0.1) is 6.61 Å². The van der Waals surface area contributed by atoms with E-state index in [1.807, 2.05) is 58.0 Å². The molecule has 2 amide bonds. The lowest BCUT2D eigenvalue weighted by Crippen LogP contribution is -2.33. The van der Waals surface area contributed by atoms with Crippen LogP contribution >= 0.6 is 0 Å². The van der Waals surface area contributed by atoms with Crippen molar-refractivity contribution < 1.29 is 19.1 Å². The number of hydrogen-bond acceptors (Lipinski definition) is 4. The number of amides is 2. The number of benzene rings is 2. The zero-order valence-corrected chi connectivity index (χ0v) is 17.6. The van der Waals surface area contributed by atoms with Gasteiger partial charge in [-0.3, -0.25) is 4.79 Å². The summed E-state index contributed by atoms with van der Waals surface area (Å²) >= 11 is 0. The number of hydrogen-bond donors (Lipinski definition) is 2. The van der Waals surface area contributed by atoms with Crippen molar-refractivity contribution in [2.24, 2.45) is 5.73 Å². The van der Waals surface area contributed by atoms with Crippen molar-refractivity contribution in [3.8, 4) is 16.9 Å². The van der Waals surface area contributed by atoms with E-state index in [1.165, 1.54) is 0 Å². The van der Waals surface area contributed by atoms with E-state index >= 15 is 0 Å². The van der Waals surface area contributed by atoms with Gasteiger partial charge in [-0.05, 0) is 63.8 Å². The number of alkyl carbamates (subject to hydrolysis) is 1. The molecule has 6 nitrogen and oxygen atoms in total. The Morgan fingerprint density at radius 3 is 2.45 bits per heavy atom. The van der Waals surface area contributed by atoms with E-state index in [0.717, 1.165) is 29.5 Å². The molecule has 29 heavy (non-hydrogen) atoms. The van der Waals surface area contributed by atoms with Gasteiger partial charge in [-0.1, -0.05) is 30.3 Å². The van der Waals surface area contributed by atoms with Crippen LogP contribution in [0.15, 0.2) is 42.5 Å². The fraction of sp³-hybridized carbons (Fsp3) is 0.391. The molecule has 0 aliphatic rings. The smallest absolute Gasteiger partial charge is 0.407 e. The average molecular weight is 399 g/mol. The first-order valence-electron chi connectivity index (χ1n) is 9.77. The van der Waals surface area contributed by atoms with Gasteiger partial charge in [-0.25, -0.2) is 4.79 Å². The molecule has 0 radical (unpaired) electrons. The SMILES string of the molecule is Cc1ccc(-c2ccccc2C(N)=O)c(OCCCCNC(=O)OC(C)(C)C)c1. The van der Waals surface area contributed by atoms with Crippen molar-refractivity contribution in [2.75, 3.05) is 13.2 Å². The zero-order valence-electron chi connectivity index (χ0n) is 17.6. The molecule has 2 rings (SSSR count). The maximum Gasteiger partial charge on any atom is 0.407 e. The number of nitrogens with one attached hydrogen (secondary N) is 1. The number of primary amides is 1. The highest BCUT2D eigenvalue weighted by Gasteiger charge is 2.16. The molecule has 0 heterocycles. The van der Waals surface area contributed by atoms with Gasteiger partial charge in [0.1, 0.15) is 11.4 Å². The molecule has 6 heteroatoms. The van der Waals surface area contributed by atoms with Crippen LogP contribution in [-0.2, 0) is 4.74 Å². The summed E-state index contributed by atoms with van der Waals surface area (Å²) in [5.41, 5.74) is 8.13. The molecule has 2 aromatic carbocycles. The van der Waals surface area contributed by atoms with E-state index < -0.39 is 17.6 Å². The number of nitrogens with two attached hydrogens (primary N) is 1. The normalized spacial score (nSPS) is 11.0. The molecule has 0 unspecified atom stereocenters. The lowest BCUT2D eigenvalue weighted by atomic mass is 9.97. The van der Waals surface area contributed by atoms with Gasteiger partial charge in [0.25, 0.3) is 0 Å². The van der Waals surface area contributed by atoms with E-state index in [0.29, 0.717) is 24.5 Å². The first kappa shape index (κ1) is 22.3. The van der Waals surface area contributed by atoms with E-state index in [1.54, 1.807) is 12.1 Å². The van der Waals surface area contributed by atoms with Gasteiger partial charge >= 0.3 is 6.09 Å². The van der Waals surface area contributed by atoms with E-state index in [9.17, 15) is 9.59 Å². The Labute approximate surface area is 172 Å². The fourth-order valence-electron chi connectivity index (χ4n) is 2.82. The average Bonchev–Trinajstić information content (AvgIpc) is 2.63. The highest BCUT2D eigenvalue weighted by molar-refractivity contribution is 6.00. The van der Waals surface area contributed by atoms with E-state index in [4.69, 9.17) is 15.2 Å². The van der Waals surface area contributed by atoms with E-state index in [2.05, 4.69) is 5.32 Å². The molecule has 0 atom stereocenters. The van der Waals surface area contributed by atoms with Crippen molar-refractivity contribution in [3.63, 3.8) is 0 Å². The van der Waals surface area contributed by atoms with Crippen LogP contribution in [0.3, 0.4) is 0 Å². The minimum atomic E-state index is -0.504. The van der Waals surface area contributed by atoms with Crippen LogP contribution in [0, 0.1) is 6.92 Å². The lowest BCUT2D eigenvalue weighted by Gasteiger charge is -2.19. The predicted molar refractivity (Wildman–Crippen MR) is 114 cm³/mol. The molecule has 156 valence electrons. The van der Waals surface area contributed by atoms with Gasteiger partial charge < -0.3 is 20.5 Å². The van der Waals surface area contributed by atoms with Crippen LogP contribution in [0.4, 0.5) is 4.79 Å². The third kappa shape index (κ3) is 7.14. The zero-order chi connectivity index (χ0) is 21.4. The second kappa shape index (κ2) is 9.96. The Kier molecular flexibility index (Phi) is 7.65. The first-order chi connectivity index (χ1) is 13.7. The molecule has 3 N–H and O–H groups in total. The maximum atomic E-state index is 11.8. The summed E-state index contributed by atoms with van der Waals surface area (Å²) in [6.07, 6.45) is 1.11. The van der Waals surface area contributed by atoms with Crippen molar-refractivity contribution in [3.05, 3.63) is 53.6 Å². The molecule has 0 saturated carbocycles. The first-order valence-corrected chi connectivity index (χ1v) is 9.77. The van der Waals surface area contributed by atoms with Crippen molar-refractivity contribution in [1.29, 1.82) is 0 Å². The summed E-state index contributed by atoms with van der Waals surface area (Å²) in [6, 6.07) is 13.1. The number of ether oxygens (including phenoxy) is 2. The Morgan fingerprint density at radius 1 is 1.03 bits per heavy atom. The standard InChI is InChI=1S/C23H30N2O4/c1-16-11-12-18(17-9-5-6-10-19(17)21(24)26)20(15-16)28-14-8-7-13-25-22(27)29-23(2,3)4/h5-6,9-12,15H,7-8,13-14H2,1-4H3,(H2,24,26)(H,25,27). The van der Waals surface area contributed by atoms with Crippen LogP contribution in [0.1, 0.15) is 49.5 Å². The highest BCUT2D eigenvalue weighted by Crippen LogP contribution is 2.33. The molecule has 0 bridgehead atoms. The molecule has 0 saturated heterocycles. The van der Waals surface area contributed by atoms with Crippen molar-refractivity contribution in [2.45, 2.75) is 46.1 Å². The summed E-state index contributed by atoms with van der Waals surface area (Å²) in [7, 11) is 0. The van der Waals surface area contributed by atoms with E-state index in [-0.39, 0.29) is 0 Å². The molecular formula is C23H30N2O4. The molecule has 0 spiro atoms. The molecule has 0 fully saturated rings. The largest absolute Gasteiger partial charge is 0.493 e. The summed E-state index contributed by atoms with van der Waals surface area (Å²) in [4.78, 5) is 23.4. The summed E-state index contributed by atoms with van der Waals surface area (Å²) in [5, 5.41) is 2.74. The Morgan fingerprint density at radius 2 is 1.76 bits per heavy atom. The van der Waals surface area contributed by atoms with Crippen LogP contribution in [0.5, 0.6) is 5.75 Å².